The molecular weight excluding hydrogens is 254 g/mol. The Kier molecular flexibility index (Phi) is 6.02. The first-order valence-electron chi connectivity index (χ1n) is 6.90. The van der Waals surface area contributed by atoms with Gasteiger partial charge in [0.15, 0.2) is 0 Å². The molecule has 0 amide bonds. The molecule has 1 aromatic carbocycles. The lowest BCUT2D eigenvalue weighted by Gasteiger charge is -2.21. The molecule has 20 heavy (non-hydrogen) atoms. The molecule has 0 aliphatic carbocycles. The largest absolute Gasteiger partial charge is 0.491 e. The highest BCUT2D eigenvalue weighted by Gasteiger charge is 2.21. The van der Waals surface area contributed by atoms with E-state index >= 15 is 0 Å². The fourth-order valence-corrected chi connectivity index (χ4v) is 2.04. The lowest BCUT2D eigenvalue weighted by Crippen LogP contribution is -2.45. The van der Waals surface area contributed by atoms with Gasteiger partial charge < -0.3 is 9.47 Å². The van der Waals surface area contributed by atoms with Crippen molar-refractivity contribution in [1.29, 1.82) is 0 Å². The molecule has 1 aromatic rings. The fraction of sp³-hybridized carbons (Fsp3) is 0.562. The second kappa shape index (κ2) is 7.29. The van der Waals surface area contributed by atoms with Crippen LogP contribution in [0.15, 0.2) is 12.1 Å². The molecule has 0 aliphatic rings. The molecule has 4 nitrogen and oxygen atoms in total. The van der Waals surface area contributed by atoms with Crippen molar-refractivity contribution in [3.8, 4) is 5.75 Å². The molecule has 0 spiro atoms. The van der Waals surface area contributed by atoms with Crippen LogP contribution in [0.4, 0.5) is 0 Å². The van der Waals surface area contributed by atoms with E-state index in [9.17, 15) is 4.79 Å². The van der Waals surface area contributed by atoms with Crippen LogP contribution in [0.25, 0.3) is 0 Å². The molecule has 0 bridgehead atoms. The number of carbonyl (C=O) groups excluding carboxylic acids is 1. The predicted octanol–water partition coefficient (Wildman–Crippen LogP) is 2.53. The molecule has 1 atom stereocenters. The van der Waals surface area contributed by atoms with E-state index in [1.165, 1.54) is 12.7 Å². The van der Waals surface area contributed by atoms with E-state index in [1.54, 1.807) is 0 Å². The number of rotatable bonds is 6. The van der Waals surface area contributed by atoms with Gasteiger partial charge in [0.1, 0.15) is 18.4 Å². The predicted molar refractivity (Wildman–Crippen MR) is 80.2 cm³/mol. The van der Waals surface area contributed by atoms with Crippen molar-refractivity contribution in [2.24, 2.45) is 0 Å². The Morgan fingerprint density at radius 2 is 1.80 bits per heavy atom. The van der Waals surface area contributed by atoms with E-state index < -0.39 is 6.04 Å². The van der Waals surface area contributed by atoms with Gasteiger partial charge in [0.2, 0.25) is 0 Å². The molecule has 0 aliphatic heterocycles. The van der Waals surface area contributed by atoms with Crippen molar-refractivity contribution in [3.05, 3.63) is 28.8 Å². The zero-order chi connectivity index (χ0) is 15.3. The Bertz CT molecular complexity index is 469. The van der Waals surface area contributed by atoms with Crippen molar-refractivity contribution >= 4 is 5.97 Å². The minimum atomic E-state index is -0.459. The van der Waals surface area contributed by atoms with E-state index in [2.05, 4.69) is 11.4 Å². The standard InChI is InChI=1S/C16H25NO3/c1-10(2)17-14(16(18)19-6)9-20-15-12(4)8-7-11(3)13(15)5/h7-8,10,14,17H,9H2,1-6H3. The van der Waals surface area contributed by atoms with Crippen molar-refractivity contribution in [2.45, 2.75) is 46.7 Å². The average molecular weight is 279 g/mol. The Morgan fingerprint density at radius 1 is 1.20 bits per heavy atom. The van der Waals surface area contributed by atoms with Gasteiger partial charge in [-0.3, -0.25) is 10.1 Å². The maximum absolute atomic E-state index is 11.7. The van der Waals surface area contributed by atoms with Gasteiger partial charge >= 0.3 is 5.97 Å². The Morgan fingerprint density at radius 3 is 2.35 bits per heavy atom. The molecule has 112 valence electrons. The summed E-state index contributed by atoms with van der Waals surface area (Å²) in [6.45, 7) is 10.3. The first-order valence-corrected chi connectivity index (χ1v) is 6.90. The summed E-state index contributed by atoms with van der Waals surface area (Å²) in [6.07, 6.45) is 0. The number of nitrogens with one attached hydrogen (secondary N) is 1. The Balaban J connectivity index is 2.82. The Hall–Kier alpha value is -1.55. The van der Waals surface area contributed by atoms with Crippen molar-refractivity contribution in [1.82, 2.24) is 5.32 Å². The molecule has 0 saturated heterocycles. The van der Waals surface area contributed by atoms with Gasteiger partial charge in [-0.1, -0.05) is 26.0 Å². The highest BCUT2D eigenvalue weighted by Crippen LogP contribution is 2.25. The summed E-state index contributed by atoms with van der Waals surface area (Å²) in [4.78, 5) is 11.7. The average Bonchev–Trinajstić information content (AvgIpc) is 2.40. The van der Waals surface area contributed by atoms with Gasteiger partial charge in [-0.2, -0.15) is 0 Å². The molecule has 0 saturated carbocycles. The minimum Gasteiger partial charge on any atom is -0.491 e. The van der Waals surface area contributed by atoms with E-state index in [1.807, 2.05) is 40.7 Å². The van der Waals surface area contributed by atoms with Crippen molar-refractivity contribution in [2.75, 3.05) is 13.7 Å². The van der Waals surface area contributed by atoms with Crippen LogP contribution >= 0.6 is 0 Å². The minimum absolute atomic E-state index is 0.183. The van der Waals surface area contributed by atoms with Crippen LogP contribution in [0.5, 0.6) is 5.75 Å². The summed E-state index contributed by atoms with van der Waals surface area (Å²) in [5.74, 6) is 0.547. The Labute approximate surface area is 121 Å². The zero-order valence-electron chi connectivity index (χ0n) is 13.2. The summed E-state index contributed by atoms with van der Waals surface area (Å²) >= 11 is 0. The number of hydrogen-bond donors (Lipinski definition) is 1. The maximum atomic E-state index is 11.7. The maximum Gasteiger partial charge on any atom is 0.326 e. The van der Waals surface area contributed by atoms with Gasteiger partial charge in [0.05, 0.1) is 7.11 Å². The van der Waals surface area contributed by atoms with Crippen molar-refractivity contribution in [3.63, 3.8) is 0 Å². The van der Waals surface area contributed by atoms with Crippen LogP contribution < -0.4 is 10.1 Å². The highest BCUT2D eigenvalue weighted by atomic mass is 16.5. The number of aryl methyl sites for hydroxylation is 2. The van der Waals surface area contributed by atoms with Crippen LogP contribution in [0.2, 0.25) is 0 Å². The van der Waals surface area contributed by atoms with E-state index in [0.717, 1.165) is 16.9 Å². The third kappa shape index (κ3) is 4.23. The third-order valence-electron chi connectivity index (χ3n) is 3.29. The molecule has 0 heterocycles. The van der Waals surface area contributed by atoms with Crippen LogP contribution in [0.3, 0.4) is 0 Å². The summed E-state index contributed by atoms with van der Waals surface area (Å²) in [5, 5.41) is 3.15. The topological polar surface area (TPSA) is 47.6 Å². The number of hydrogen-bond acceptors (Lipinski definition) is 4. The highest BCUT2D eigenvalue weighted by molar-refractivity contribution is 5.75. The first kappa shape index (κ1) is 16.5. The molecule has 1 unspecified atom stereocenters. The lowest BCUT2D eigenvalue weighted by atomic mass is 10.1. The number of methoxy groups -OCH3 is 1. The molecule has 0 fully saturated rings. The molecule has 1 rings (SSSR count). The second-order valence-corrected chi connectivity index (χ2v) is 5.36. The second-order valence-electron chi connectivity index (χ2n) is 5.36. The van der Waals surface area contributed by atoms with Crippen LogP contribution in [0.1, 0.15) is 30.5 Å². The lowest BCUT2D eigenvalue weighted by molar-refractivity contribution is -0.144. The molecule has 4 heteroatoms. The van der Waals surface area contributed by atoms with Crippen LogP contribution in [0, 0.1) is 20.8 Å². The molecular formula is C16H25NO3. The summed E-state index contributed by atoms with van der Waals surface area (Å²) in [6, 6.07) is 3.82. The van der Waals surface area contributed by atoms with E-state index in [4.69, 9.17) is 9.47 Å². The quantitative estimate of drug-likeness (QED) is 0.813. The first-order chi connectivity index (χ1) is 9.36. The van der Waals surface area contributed by atoms with Gasteiger partial charge in [0, 0.05) is 6.04 Å². The smallest absolute Gasteiger partial charge is 0.326 e. The monoisotopic (exact) mass is 279 g/mol. The van der Waals surface area contributed by atoms with Gasteiger partial charge in [-0.25, -0.2) is 0 Å². The van der Waals surface area contributed by atoms with E-state index in [0.29, 0.717) is 0 Å². The van der Waals surface area contributed by atoms with Crippen molar-refractivity contribution < 1.29 is 14.3 Å². The molecule has 0 radical (unpaired) electrons. The summed E-state index contributed by atoms with van der Waals surface area (Å²) in [7, 11) is 1.39. The third-order valence-corrected chi connectivity index (χ3v) is 3.29. The number of esters is 1. The fourth-order valence-electron chi connectivity index (χ4n) is 2.04. The zero-order valence-corrected chi connectivity index (χ0v) is 13.2. The number of carbonyl (C=O) groups is 1. The van der Waals surface area contributed by atoms with Gasteiger partial charge in [-0.15, -0.1) is 0 Å². The van der Waals surface area contributed by atoms with Crippen LogP contribution in [-0.4, -0.2) is 31.8 Å². The summed E-state index contributed by atoms with van der Waals surface area (Å²) < 4.78 is 10.7. The van der Waals surface area contributed by atoms with Gasteiger partial charge in [0.25, 0.3) is 0 Å². The molecule has 1 N–H and O–H groups in total. The summed E-state index contributed by atoms with van der Waals surface area (Å²) in [5.41, 5.74) is 3.36. The molecule has 0 aromatic heterocycles. The SMILES string of the molecule is COC(=O)C(COc1c(C)ccc(C)c1C)NC(C)C. The van der Waals surface area contributed by atoms with Crippen LogP contribution in [-0.2, 0) is 9.53 Å². The number of benzene rings is 1. The number of ether oxygens (including phenoxy) is 2. The van der Waals surface area contributed by atoms with E-state index in [-0.39, 0.29) is 18.6 Å². The van der Waals surface area contributed by atoms with Gasteiger partial charge in [-0.05, 0) is 37.5 Å². The normalized spacial score (nSPS) is 12.3.